The van der Waals surface area contributed by atoms with Crippen molar-refractivity contribution in [1.82, 2.24) is 29.9 Å². The molecular formula is C21H25FN6O. The van der Waals surface area contributed by atoms with E-state index in [-0.39, 0.29) is 17.6 Å². The zero-order valence-corrected chi connectivity index (χ0v) is 16.7. The van der Waals surface area contributed by atoms with Crippen LogP contribution in [0.1, 0.15) is 66.7 Å². The molecular weight excluding hydrogens is 371 g/mol. The van der Waals surface area contributed by atoms with Gasteiger partial charge in [-0.15, -0.1) is 10.2 Å². The molecule has 0 radical (unpaired) electrons. The van der Waals surface area contributed by atoms with Crippen LogP contribution in [0.15, 0.2) is 30.5 Å². The van der Waals surface area contributed by atoms with Gasteiger partial charge in [0, 0.05) is 13.0 Å². The summed E-state index contributed by atoms with van der Waals surface area (Å²) in [5, 5.41) is 15.9. The highest BCUT2D eigenvalue weighted by Gasteiger charge is 2.22. The maximum absolute atomic E-state index is 13.3. The van der Waals surface area contributed by atoms with Crippen molar-refractivity contribution in [2.45, 2.75) is 58.5 Å². The van der Waals surface area contributed by atoms with Crippen LogP contribution in [0.25, 0.3) is 5.69 Å². The minimum atomic E-state index is -0.308. The van der Waals surface area contributed by atoms with Crippen molar-refractivity contribution in [2.75, 3.05) is 0 Å². The summed E-state index contributed by atoms with van der Waals surface area (Å²) in [7, 11) is 0. The number of aryl methyl sites for hydroxylation is 1. The van der Waals surface area contributed by atoms with E-state index in [1.54, 1.807) is 23.0 Å². The van der Waals surface area contributed by atoms with E-state index in [0.717, 1.165) is 48.8 Å². The van der Waals surface area contributed by atoms with E-state index in [4.69, 9.17) is 0 Å². The molecule has 0 aliphatic carbocycles. The molecule has 4 rings (SSSR count). The third-order valence-electron chi connectivity index (χ3n) is 5.26. The molecule has 3 heterocycles. The predicted octanol–water partition coefficient (Wildman–Crippen LogP) is 3.38. The van der Waals surface area contributed by atoms with Crippen LogP contribution in [-0.2, 0) is 19.5 Å². The number of carbonyl (C=O) groups is 1. The molecule has 0 fully saturated rings. The fraction of sp³-hybridized carbons (Fsp3) is 0.429. The molecule has 1 aliphatic rings. The second-order valence-corrected chi connectivity index (χ2v) is 7.66. The first-order valence-electron chi connectivity index (χ1n) is 10.1. The minimum Gasteiger partial charge on any atom is -0.345 e. The molecule has 8 heteroatoms. The van der Waals surface area contributed by atoms with Gasteiger partial charge >= 0.3 is 0 Å². The van der Waals surface area contributed by atoms with Crippen molar-refractivity contribution >= 4 is 5.91 Å². The van der Waals surface area contributed by atoms with Crippen LogP contribution in [0.3, 0.4) is 0 Å². The van der Waals surface area contributed by atoms with Crippen molar-refractivity contribution in [1.29, 1.82) is 0 Å². The van der Waals surface area contributed by atoms with Crippen molar-refractivity contribution in [3.8, 4) is 5.69 Å². The van der Waals surface area contributed by atoms with Gasteiger partial charge in [0.2, 0.25) is 0 Å². The summed E-state index contributed by atoms with van der Waals surface area (Å²) < 4.78 is 17.1. The summed E-state index contributed by atoms with van der Waals surface area (Å²) in [6.45, 7) is 5.23. The summed E-state index contributed by atoms with van der Waals surface area (Å²) >= 11 is 0. The number of benzene rings is 1. The molecule has 3 aromatic rings. The lowest BCUT2D eigenvalue weighted by molar-refractivity contribution is 0.0948. The number of rotatable bonds is 5. The van der Waals surface area contributed by atoms with Crippen molar-refractivity contribution in [2.24, 2.45) is 0 Å². The smallest absolute Gasteiger partial charge is 0.255 e. The van der Waals surface area contributed by atoms with Crippen LogP contribution in [0.2, 0.25) is 0 Å². The monoisotopic (exact) mass is 396 g/mol. The van der Waals surface area contributed by atoms with Crippen molar-refractivity contribution < 1.29 is 9.18 Å². The van der Waals surface area contributed by atoms with Gasteiger partial charge in [0.05, 0.1) is 29.7 Å². The fourth-order valence-corrected chi connectivity index (χ4v) is 3.81. The Morgan fingerprint density at radius 3 is 2.72 bits per heavy atom. The highest BCUT2D eigenvalue weighted by atomic mass is 19.1. The first kappa shape index (κ1) is 19.3. The van der Waals surface area contributed by atoms with E-state index in [1.165, 1.54) is 18.6 Å². The fourth-order valence-electron chi connectivity index (χ4n) is 3.81. The Balaban J connectivity index is 1.55. The molecule has 0 bridgehead atoms. The van der Waals surface area contributed by atoms with Crippen LogP contribution in [0.4, 0.5) is 4.39 Å². The van der Waals surface area contributed by atoms with Gasteiger partial charge < -0.3 is 9.88 Å². The first-order chi connectivity index (χ1) is 14.0. The number of fused-ring (bicyclic) bond motifs is 1. The Morgan fingerprint density at radius 1 is 1.17 bits per heavy atom. The summed E-state index contributed by atoms with van der Waals surface area (Å²) in [6.07, 6.45) is 5.93. The molecule has 1 aliphatic heterocycles. The summed E-state index contributed by atoms with van der Waals surface area (Å²) in [5.41, 5.74) is 2.02. The molecule has 0 spiro atoms. The molecule has 1 N–H and O–H groups in total. The molecule has 0 unspecified atom stereocenters. The highest BCUT2D eigenvalue weighted by Crippen LogP contribution is 2.23. The number of amides is 1. The average Bonchev–Trinajstić information content (AvgIpc) is 3.24. The molecule has 0 saturated heterocycles. The number of nitrogens with one attached hydrogen (secondary N) is 1. The lowest BCUT2D eigenvalue weighted by atomic mass is 10.0. The normalized spacial score (nSPS) is 13.9. The lowest BCUT2D eigenvalue weighted by Gasteiger charge is -2.13. The molecule has 7 nitrogen and oxygen atoms in total. The second kappa shape index (κ2) is 8.14. The molecule has 1 amide bonds. The molecule has 1 aromatic carbocycles. The number of hydrogen-bond acceptors (Lipinski definition) is 4. The average molecular weight is 396 g/mol. The minimum absolute atomic E-state index is 0.0627. The second-order valence-electron chi connectivity index (χ2n) is 7.66. The van der Waals surface area contributed by atoms with E-state index in [9.17, 15) is 9.18 Å². The van der Waals surface area contributed by atoms with Gasteiger partial charge in [-0.1, -0.05) is 20.3 Å². The zero-order valence-electron chi connectivity index (χ0n) is 16.7. The Labute approximate surface area is 169 Å². The highest BCUT2D eigenvalue weighted by molar-refractivity contribution is 5.95. The first-order valence-corrected chi connectivity index (χ1v) is 10.1. The molecule has 29 heavy (non-hydrogen) atoms. The van der Waals surface area contributed by atoms with E-state index in [2.05, 4.69) is 25.2 Å². The number of halogens is 1. The van der Waals surface area contributed by atoms with Crippen LogP contribution in [-0.4, -0.2) is 30.5 Å². The topological polar surface area (TPSA) is 77.6 Å². The number of nitrogens with zero attached hydrogens (tertiary/aromatic N) is 5. The van der Waals surface area contributed by atoms with Crippen LogP contribution < -0.4 is 5.32 Å². The van der Waals surface area contributed by atoms with E-state index in [0.29, 0.717) is 12.1 Å². The Kier molecular flexibility index (Phi) is 5.42. The van der Waals surface area contributed by atoms with Gasteiger partial charge in [-0.05, 0) is 43.0 Å². The lowest BCUT2D eigenvalue weighted by Crippen LogP contribution is -2.26. The standard InChI is InChI=1S/C21H25FN6O/c1-14(2)20-17(12-24-28(20)16-9-7-15(22)8-10-16)21(29)23-13-19-26-25-18-6-4-3-5-11-27(18)19/h7-10,12,14H,3-6,11,13H2,1-2H3,(H,23,29). The largest absolute Gasteiger partial charge is 0.345 e. The SMILES string of the molecule is CC(C)c1c(C(=O)NCc2nnc3n2CCCCC3)cnn1-c1ccc(F)cc1. The van der Waals surface area contributed by atoms with Gasteiger partial charge in [-0.2, -0.15) is 5.10 Å². The Hall–Kier alpha value is -3.03. The van der Waals surface area contributed by atoms with Gasteiger partial charge in [0.15, 0.2) is 5.82 Å². The van der Waals surface area contributed by atoms with E-state index >= 15 is 0 Å². The third kappa shape index (κ3) is 3.92. The van der Waals surface area contributed by atoms with E-state index in [1.807, 2.05) is 13.8 Å². The number of hydrogen-bond donors (Lipinski definition) is 1. The Bertz CT molecular complexity index is 1000. The molecule has 2 aromatic heterocycles. The van der Waals surface area contributed by atoms with Crippen LogP contribution >= 0.6 is 0 Å². The van der Waals surface area contributed by atoms with Gasteiger partial charge in [-0.25, -0.2) is 9.07 Å². The molecule has 0 atom stereocenters. The predicted molar refractivity (Wildman–Crippen MR) is 106 cm³/mol. The summed E-state index contributed by atoms with van der Waals surface area (Å²) in [5.74, 6) is 1.34. The summed E-state index contributed by atoms with van der Waals surface area (Å²) in [4.78, 5) is 12.9. The van der Waals surface area contributed by atoms with E-state index < -0.39 is 0 Å². The third-order valence-corrected chi connectivity index (χ3v) is 5.26. The van der Waals surface area contributed by atoms with Gasteiger partial charge in [0.25, 0.3) is 5.91 Å². The van der Waals surface area contributed by atoms with Gasteiger partial charge in [-0.3, -0.25) is 4.79 Å². The van der Waals surface area contributed by atoms with Crippen LogP contribution in [0.5, 0.6) is 0 Å². The summed E-state index contributed by atoms with van der Waals surface area (Å²) in [6, 6.07) is 6.08. The quantitative estimate of drug-likeness (QED) is 0.717. The Morgan fingerprint density at radius 2 is 1.97 bits per heavy atom. The number of carbonyl (C=O) groups excluding carboxylic acids is 1. The maximum atomic E-state index is 13.3. The maximum Gasteiger partial charge on any atom is 0.255 e. The van der Waals surface area contributed by atoms with Crippen LogP contribution in [0, 0.1) is 5.82 Å². The zero-order chi connectivity index (χ0) is 20.4. The van der Waals surface area contributed by atoms with Crippen molar-refractivity contribution in [3.05, 3.63) is 59.2 Å². The molecule has 0 saturated carbocycles. The van der Waals surface area contributed by atoms with Gasteiger partial charge in [0.1, 0.15) is 11.6 Å². The van der Waals surface area contributed by atoms with Crippen molar-refractivity contribution in [3.63, 3.8) is 0 Å². The molecule has 152 valence electrons. The number of aromatic nitrogens is 5.